The summed E-state index contributed by atoms with van der Waals surface area (Å²) in [7, 11) is 2.24. The van der Waals surface area contributed by atoms with Crippen molar-refractivity contribution >= 4 is 0 Å². The summed E-state index contributed by atoms with van der Waals surface area (Å²) in [6.07, 6.45) is 9.43. The van der Waals surface area contributed by atoms with Crippen molar-refractivity contribution in [1.82, 2.24) is 4.90 Å². The van der Waals surface area contributed by atoms with Crippen molar-refractivity contribution < 1.29 is 0 Å². The summed E-state index contributed by atoms with van der Waals surface area (Å²) in [4.78, 5) is 2.45. The summed E-state index contributed by atoms with van der Waals surface area (Å²) in [6, 6.07) is 9.06. The molecule has 108 valence electrons. The minimum atomic E-state index is 1.08. The number of aryl methyl sites for hydroxylation is 1. The van der Waals surface area contributed by atoms with Crippen LogP contribution < -0.4 is 0 Å². The van der Waals surface area contributed by atoms with Crippen LogP contribution in [0.3, 0.4) is 0 Å². The zero-order valence-corrected chi connectivity index (χ0v) is 13.1. The number of nitrogens with zero attached hydrogens (tertiary/aromatic N) is 1. The van der Waals surface area contributed by atoms with E-state index in [1.165, 1.54) is 56.2 Å². The molecule has 1 nitrogen and oxygen atoms in total. The zero-order valence-electron chi connectivity index (χ0n) is 13.1. The number of hydrogen-bond donors (Lipinski definition) is 0. The van der Waals surface area contributed by atoms with Gasteiger partial charge in [-0.25, -0.2) is 0 Å². The van der Waals surface area contributed by atoms with E-state index in [-0.39, 0.29) is 0 Å². The molecule has 1 heteroatoms. The van der Waals surface area contributed by atoms with Crippen LogP contribution in [0.4, 0.5) is 0 Å². The molecule has 1 rings (SSSR count). The summed E-state index contributed by atoms with van der Waals surface area (Å²) in [5, 5.41) is 0. The smallest absolute Gasteiger partial charge is 0.0230 e. The molecular weight excluding hydrogens is 230 g/mol. The second-order valence-electron chi connectivity index (χ2n) is 5.68. The maximum absolute atomic E-state index is 2.45. The van der Waals surface area contributed by atoms with Crippen molar-refractivity contribution in [2.24, 2.45) is 0 Å². The van der Waals surface area contributed by atoms with E-state index in [0.717, 1.165) is 13.0 Å². The number of rotatable bonds is 10. The molecule has 0 atom stereocenters. The fraction of sp³-hybridized carbons (Fsp3) is 0.667. The van der Waals surface area contributed by atoms with Crippen molar-refractivity contribution in [2.75, 3.05) is 13.6 Å². The van der Waals surface area contributed by atoms with E-state index in [2.05, 4.69) is 50.1 Å². The summed E-state index contributed by atoms with van der Waals surface area (Å²) in [6.45, 7) is 6.79. The molecular formula is C18H31N. The molecule has 0 radical (unpaired) electrons. The van der Waals surface area contributed by atoms with Gasteiger partial charge in [-0.2, -0.15) is 0 Å². The van der Waals surface area contributed by atoms with Crippen LogP contribution in [0, 0.1) is 0 Å². The number of benzene rings is 1. The first kappa shape index (κ1) is 16.2. The fourth-order valence-corrected chi connectivity index (χ4v) is 2.43. The lowest BCUT2D eigenvalue weighted by molar-refractivity contribution is 0.316. The van der Waals surface area contributed by atoms with Gasteiger partial charge in [0.1, 0.15) is 0 Å². The normalized spacial score (nSPS) is 11.2. The minimum Gasteiger partial charge on any atom is -0.302 e. The van der Waals surface area contributed by atoms with Crippen LogP contribution in [0.2, 0.25) is 0 Å². The quantitative estimate of drug-likeness (QED) is 0.533. The Hall–Kier alpha value is -0.820. The van der Waals surface area contributed by atoms with Crippen LogP contribution in [0.25, 0.3) is 0 Å². The first-order valence-corrected chi connectivity index (χ1v) is 8.02. The van der Waals surface area contributed by atoms with E-state index >= 15 is 0 Å². The van der Waals surface area contributed by atoms with Gasteiger partial charge < -0.3 is 4.90 Å². The summed E-state index contributed by atoms with van der Waals surface area (Å²) < 4.78 is 0. The van der Waals surface area contributed by atoms with Crippen molar-refractivity contribution in [3.63, 3.8) is 0 Å². The molecule has 0 aliphatic rings. The Bertz CT molecular complexity index is 315. The molecule has 19 heavy (non-hydrogen) atoms. The molecule has 1 aromatic carbocycles. The van der Waals surface area contributed by atoms with Gasteiger partial charge >= 0.3 is 0 Å². The monoisotopic (exact) mass is 261 g/mol. The molecule has 0 aliphatic heterocycles. The molecule has 1 aromatic rings. The summed E-state index contributed by atoms with van der Waals surface area (Å²) >= 11 is 0. The molecule has 0 amide bonds. The lowest BCUT2D eigenvalue weighted by Gasteiger charge is -2.16. The summed E-state index contributed by atoms with van der Waals surface area (Å²) in [5.74, 6) is 0. The van der Waals surface area contributed by atoms with Crippen molar-refractivity contribution in [3.8, 4) is 0 Å². The van der Waals surface area contributed by atoms with Gasteiger partial charge in [-0.1, -0.05) is 70.2 Å². The van der Waals surface area contributed by atoms with Gasteiger partial charge in [0, 0.05) is 6.54 Å². The minimum absolute atomic E-state index is 1.08. The van der Waals surface area contributed by atoms with Gasteiger partial charge in [0.2, 0.25) is 0 Å². The predicted molar refractivity (Wildman–Crippen MR) is 85.5 cm³/mol. The Morgan fingerprint density at radius 3 is 2.00 bits per heavy atom. The van der Waals surface area contributed by atoms with Crippen LogP contribution in [-0.4, -0.2) is 18.5 Å². The third-order valence-corrected chi connectivity index (χ3v) is 3.78. The second kappa shape index (κ2) is 10.0. The SMILES string of the molecule is CCCCCCCCN(C)Cc1ccc(CC)cc1. The van der Waals surface area contributed by atoms with E-state index in [9.17, 15) is 0 Å². The molecule has 0 heterocycles. The van der Waals surface area contributed by atoms with Crippen molar-refractivity contribution in [1.29, 1.82) is 0 Å². The molecule has 0 saturated carbocycles. The van der Waals surface area contributed by atoms with Crippen molar-refractivity contribution in [3.05, 3.63) is 35.4 Å². The fourth-order valence-electron chi connectivity index (χ4n) is 2.43. The van der Waals surface area contributed by atoms with E-state index in [4.69, 9.17) is 0 Å². The summed E-state index contributed by atoms with van der Waals surface area (Å²) in [5.41, 5.74) is 2.87. The highest BCUT2D eigenvalue weighted by Gasteiger charge is 2.00. The lowest BCUT2D eigenvalue weighted by Crippen LogP contribution is -2.19. The topological polar surface area (TPSA) is 3.24 Å². The van der Waals surface area contributed by atoms with E-state index in [1.54, 1.807) is 0 Å². The Morgan fingerprint density at radius 1 is 0.789 bits per heavy atom. The van der Waals surface area contributed by atoms with Crippen LogP contribution in [0.5, 0.6) is 0 Å². The van der Waals surface area contributed by atoms with Gasteiger partial charge in [-0.05, 0) is 37.6 Å². The van der Waals surface area contributed by atoms with Crippen LogP contribution >= 0.6 is 0 Å². The van der Waals surface area contributed by atoms with Gasteiger partial charge in [0.15, 0.2) is 0 Å². The second-order valence-corrected chi connectivity index (χ2v) is 5.68. The van der Waals surface area contributed by atoms with Crippen molar-refractivity contribution in [2.45, 2.75) is 65.3 Å². The number of hydrogen-bond acceptors (Lipinski definition) is 1. The maximum Gasteiger partial charge on any atom is 0.0230 e. The Kier molecular flexibility index (Phi) is 8.57. The number of unbranched alkanes of at least 4 members (excludes halogenated alkanes) is 5. The average molecular weight is 261 g/mol. The zero-order chi connectivity index (χ0) is 13.9. The van der Waals surface area contributed by atoms with Gasteiger partial charge in [0.05, 0.1) is 0 Å². The highest BCUT2D eigenvalue weighted by Crippen LogP contribution is 2.09. The third kappa shape index (κ3) is 7.37. The lowest BCUT2D eigenvalue weighted by atomic mass is 10.1. The molecule has 0 spiro atoms. The van der Waals surface area contributed by atoms with E-state index in [0.29, 0.717) is 0 Å². The molecule has 0 fully saturated rings. The first-order chi connectivity index (χ1) is 9.26. The standard InChI is InChI=1S/C18H31N/c1-4-6-7-8-9-10-15-19(3)16-18-13-11-17(5-2)12-14-18/h11-14H,4-10,15-16H2,1-3H3. The Morgan fingerprint density at radius 2 is 1.37 bits per heavy atom. The van der Waals surface area contributed by atoms with Crippen LogP contribution in [0.1, 0.15) is 63.5 Å². The van der Waals surface area contributed by atoms with Gasteiger partial charge in [-0.15, -0.1) is 0 Å². The average Bonchev–Trinajstić information content (AvgIpc) is 2.43. The van der Waals surface area contributed by atoms with Gasteiger partial charge in [-0.3, -0.25) is 0 Å². The van der Waals surface area contributed by atoms with E-state index < -0.39 is 0 Å². The van der Waals surface area contributed by atoms with Crippen LogP contribution in [0.15, 0.2) is 24.3 Å². The Labute approximate surface area is 120 Å². The molecule has 0 saturated heterocycles. The highest BCUT2D eigenvalue weighted by molar-refractivity contribution is 5.22. The molecule has 0 N–H and O–H groups in total. The first-order valence-electron chi connectivity index (χ1n) is 8.02. The maximum atomic E-state index is 2.45. The largest absolute Gasteiger partial charge is 0.302 e. The van der Waals surface area contributed by atoms with Gasteiger partial charge in [0.25, 0.3) is 0 Å². The van der Waals surface area contributed by atoms with E-state index in [1.807, 2.05) is 0 Å². The molecule has 0 aliphatic carbocycles. The third-order valence-electron chi connectivity index (χ3n) is 3.78. The predicted octanol–water partition coefficient (Wildman–Crippen LogP) is 5.04. The molecule has 0 aromatic heterocycles. The van der Waals surface area contributed by atoms with Crippen LogP contribution in [-0.2, 0) is 13.0 Å². The highest BCUT2D eigenvalue weighted by atomic mass is 15.1. The molecule has 0 bridgehead atoms. The molecule has 0 unspecified atom stereocenters. The Balaban J connectivity index is 2.14.